The lowest BCUT2D eigenvalue weighted by Crippen LogP contribution is -2.40. The first-order valence-electron chi connectivity index (χ1n) is 5.79. The Labute approximate surface area is 101 Å². The van der Waals surface area contributed by atoms with Gasteiger partial charge in [0.15, 0.2) is 0 Å². The molecule has 0 heterocycles. The maximum atomic E-state index is 11.7. The summed E-state index contributed by atoms with van der Waals surface area (Å²) in [6, 6.07) is 0. The number of rotatable bonds is 3. The minimum absolute atomic E-state index is 0.104. The van der Waals surface area contributed by atoms with Crippen LogP contribution in [-0.2, 0) is 14.3 Å². The molecule has 5 heteroatoms. The molecule has 0 radical (unpaired) electrons. The molecule has 5 nitrogen and oxygen atoms in total. The van der Waals surface area contributed by atoms with E-state index in [2.05, 4.69) is 5.32 Å². The molecule has 0 bridgehead atoms. The minimum atomic E-state index is -0.544. The molecule has 96 valence electrons. The van der Waals surface area contributed by atoms with Gasteiger partial charge in [-0.2, -0.15) is 0 Å². The molecular weight excluding hydrogens is 222 g/mol. The van der Waals surface area contributed by atoms with Crippen molar-refractivity contribution >= 4 is 12.1 Å². The highest BCUT2D eigenvalue weighted by Gasteiger charge is 2.36. The van der Waals surface area contributed by atoms with Gasteiger partial charge in [0, 0.05) is 6.54 Å². The van der Waals surface area contributed by atoms with E-state index >= 15 is 0 Å². The van der Waals surface area contributed by atoms with Gasteiger partial charge >= 0.3 is 12.1 Å². The Morgan fingerprint density at radius 1 is 1.47 bits per heavy atom. The number of hydrogen-bond acceptors (Lipinski definition) is 4. The Bertz CT molecular complexity index is 314. The fourth-order valence-corrected chi connectivity index (χ4v) is 1.94. The average molecular weight is 241 g/mol. The van der Waals surface area contributed by atoms with Crippen LogP contribution in [0.25, 0.3) is 0 Å². The van der Waals surface area contributed by atoms with Gasteiger partial charge in [-0.05, 0) is 25.3 Å². The smallest absolute Gasteiger partial charge is 0.407 e. The summed E-state index contributed by atoms with van der Waals surface area (Å²) < 4.78 is 9.95. The summed E-state index contributed by atoms with van der Waals surface area (Å²) in [5.74, 6) is -0.657. The molecular formula is C12H19NO4. The van der Waals surface area contributed by atoms with E-state index in [-0.39, 0.29) is 11.9 Å². The first-order valence-corrected chi connectivity index (χ1v) is 5.79. The number of ether oxygens (including phenoxy) is 2. The fraction of sp³-hybridized carbons (Fsp3) is 0.667. The molecule has 0 spiro atoms. The van der Waals surface area contributed by atoms with Gasteiger partial charge in [-0.25, -0.2) is 4.79 Å². The van der Waals surface area contributed by atoms with Crippen LogP contribution < -0.4 is 5.32 Å². The van der Waals surface area contributed by atoms with Crippen LogP contribution in [0.2, 0.25) is 0 Å². The van der Waals surface area contributed by atoms with Crippen LogP contribution in [-0.4, -0.2) is 31.8 Å². The summed E-state index contributed by atoms with van der Waals surface area (Å²) >= 11 is 0. The normalized spacial score (nSPS) is 27.4. The quantitative estimate of drug-likeness (QED) is 0.600. The van der Waals surface area contributed by atoms with E-state index in [1.807, 2.05) is 13.0 Å². The van der Waals surface area contributed by atoms with Gasteiger partial charge in [-0.15, -0.1) is 0 Å². The van der Waals surface area contributed by atoms with Crippen molar-refractivity contribution in [2.24, 2.45) is 11.8 Å². The lowest BCUT2D eigenvalue weighted by atomic mass is 9.82. The largest absolute Gasteiger partial charge is 0.469 e. The monoisotopic (exact) mass is 241 g/mol. The lowest BCUT2D eigenvalue weighted by Gasteiger charge is -2.30. The SMILES string of the molecule is CCNC(=O)O[C@H]1C=CC[C@H](C)[C@@H]1C(=O)OC. The highest BCUT2D eigenvalue weighted by molar-refractivity contribution is 5.75. The number of amides is 1. The summed E-state index contributed by atoms with van der Waals surface area (Å²) in [5, 5.41) is 2.54. The van der Waals surface area contributed by atoms with Crippen molar-refractivity contribution in [3.63, 3.8) is 0 Å². The summed E-state index contributed by atoms with van der Waals surface area (Å²) in [6.45, 7) is 4.24. The van der Waals surface area contributed by atoms with E-state index < -0.39 is 18.1 Å². The van der Waals surface area contributed by atoms with Crippen molar-refractivity contribution in [1.29, 1.82) is 0 Å². The summed E-state index contributed by atoms with van der Waals surface area (Å²) in [7, 11) is 1.34. The van der Waals surface area contributed by atoms with E-state index in [1.165, 1.54) is 7.11 Å². The van der Waals surface area contributed by atoms with E-state index in [0.717, 1.165) is 6.42 Å². The second-order valence-electron chi connectivity index (χ2n) is 4.09. The van der Waals surface area contributed by atoms with Gasteiger partial charge in [0.2, 0.25) is 0 Å². The lowest BCUT2D eigenvalue weighted by molar-refractivity contribution is -0.151. The molecule has 0 unspecified atom stereocenters. The first kappa shape index (κ1) is 13.5. The van der Waals surface area contributed by atoms with Gasteiger partial charge in [0.05, 0.1) is 7.11 Å². The molecule has 0 aromatic rings. The zero-order chi connectivity index (χ0) is 12.8. The van der Waals surface area contributed by atoms with Gasteiger partial charge in [-0.1, -0.05) is 13.0 Å². The molecule has 0 aromatic heterocycles. The van der Waals surface area contributed by atoms with Gasteiger partial charge in [0.25, 0.3) is 0 Å². The Kier molecular flexibility index (Phi) is 5.00. The molecule has 0 aliphatic heterocycles. The zero-order valence-corrected chi connectivity index (χ0v) is 10.4. The minimum Gasteiger partial charge on any atom is -0.469 e. The molecule has 0 saturated carbocycles. The average Bonchev–Trinajstić information content (AvgIpc) is 2.28. The first-order chi connectivity index (χ1) is 8.10. The maximum absolute atomic E-state index is 11.7. The Morgan fingerprint density at radius 2 is 2.18 bits per heavy atom. The third kappa shape index (κ3) is 3.47. The predicted octanol–water partition coefficient (Wildman–Crippen LogP) is 1.49. The number of hydrogen-bond donors (Lipinski definition) is 1. The molecule has 1 aliphatic rings. The Balaban J connectivity index is 2.72. The Hall–Kier alpha value is -1.52. The summed E-state index contributed by atoms with van der Waals surface area (Å²) in [6.07, 6.45) is 3.41. The van der Waals surface area contributed by atoms with Crippen molar-refractivity contribution in [2.45, 2.75) is 26.4 Å². The van der Waals surface area contributed by atoms with Gasteiger partial charge in [-0.3, -0.25) is 4.79 Å². The number of nitrogens with one attached hydrogen (secondary N) is 1. The molecule has 0 saturated heterocycles. The topological polar surface area (TPSA) is 64.6 Å². The van der Waals surface area contributed by atoms with E-state index in [0.29, 0.717) is 6.54 Å². The van der Waals surface area contributed by atoms with Crippen LogP contribution >= 0.6 is 0 Å². The summed E-state index contributed by atoms with van der Waals surface area (Å²) in [4.78, 5) is 23.0. The van der Waals surface area contributed by atoms with Crippen LogP contribution in [0.15, 0.2) is 12.2 Å². The maximum Gasteiger partial charge on any atom is 0.407 e. The second kappa shape index (κ2) is 6.27. The van der Waals surface area contributed by atoms with Crippen molar-refractivity contribution in [3.05, 3.63) is 12.2 Å². The third-order valence-electron chi connectivity index (χ3n) is 2.84. The fourth-order valence-electron chi connectivity index (χ4n) is 1.94. The Morgan fingerprint density at radius 3 is 2.76 bits per heavy atom. The third-order valence-corrected chi connectivity index (χ3v) is 2.84. The van der Waals surface area contributed by atoms with Crippen molar-refractivity contribution in [1.82, 2.24) is 5.32 Å². The molecule has 0 aromatic carbocycles. The van der Waals surface area contributed by atoms with Crippen LogP contribution in [0.5, 0.6) is 0 Å². The van der Waals surface area contributed by atoms with E-state index in [9.17, 15) is 9.59 Å². The van der Waals surface area contributed by atoms with Crippen LogP contribution in [0.3, 0.4) is 0 Å². The van der Waals surface area contributed by atoms with Crippen molar-refractivity contribution in [3.8, 4) is 0 Å². The predicted molar refractivity (Wildman–Crippen MR) is 62.4 cm³/mol. The number of esters is 1. The van der Waals surface area contributed by atoms with Crippen molar-refractivity contribution in [2.75, 3.05) is 13.7 Å². The molecule has 1 amide bonds. The van der Waals surface area contributed by atoms with E-state index in [4.69, 9.17) is 9.47 Å². The number of alkyl carbamates (subject to hydrolysis) is 1. The molecule has 0 fully saturated rings. The van der Waals surface area contributed by atoms with Gasteiger partial charge < -0.3 is 14.8 Å². The molecule has 1 aliphatic carbocycles. The summed E-state index contributed by atoms with van der Waals surface area (Å²) in [5.41, 5.74) is 0. The molecule has 1 rings (SSSR count). The highest BCUT2D eigenvalue weighted by Crippen LogP contribution is 2.28. The molecule has 17 heavy (non-hydrogen) atoms. The standard InChI is InChI=1S/C12H19NO4/c1-4-13-12(15)17-9-7-5-6-8(2)10(9)11(14)16-3/h5,7-10H,4,6H2,1-3H3,(H,13,15)/t8-,9-,10-/m0/s1. The number of carbonyl (C=O) groups is 2. The number of methoxy groups -OCH3 is 1. The number of carbonyl (C=O) groups excluding carboxylic acids is 2. The highest BCUT2D eigenvalue weighted by atomic mass is 16.6. The van der Waals surface area contributed by atoms with Gasteiger partial charge in [0.1, 0.15) is 12.0 Å². The molecule has 3 atom stereocenters. The number of allylic oxidation sites excluding steroid dienone is 1. The van der Waals surface area contributed by atoms with E-state index in [1.54, 1.807) is 13.0 Å². The molecule has 1 N–H and O–H groups in total. The second-order valence-corrected chi connectivity index (χ2v) is 4.09. The van der Waals surface area contributed by atoms with Crippen LogP contribution in [0.4, 0.5) is 4.79 Å². The van der Waals surface area contributed by atoms with Crippen LogP contribution in [0, 0.1) is 11.8 Å². The zero-order valence-electron chi connectivity index (χ0n) is 10.4. The van der Waals surface area contributed by atoms with Crippen LogP contribution in [0.1, 0.15) is 20.3 Å². The van der Waals surface area contributed by atoms with Crippen molar-refractivity contribution < 1.29 is 19.1 Å².